The van der Waals surface area contributed by atoms with E-state index in [9.17, 15) is 9.50 Å². The first-order valence-corrected chi connectivity index (χ1v) is 5.14. The highest BCUT2D eigenvalue weighted by atomic mass is 19.1. The van der Waals surface area contributed by atoms with Gasteiger partial charge < -0.3 is 10.4 Å². The molecule has 0 heterocycles. The Morgan fingerprint density at radius 2 is 2.25 bits per heavy atom. The molecule has 1 rings (SSSR count). The lowest BCUT2D eigenvalue weighted by Crippen LogP contribution is -2.32. The van der Waals surface area contributed by atoms with Gasteiger partial charge in [-0.25, -0.2) is 4.39 Å². The number of rotatable bonds is 4. The molecule has 0 saturated heterocycles. The van der Waals surface area contributed by atoms with Crippen LogP contribution >= 0.6 is 0 Å². The zero-order valence-corrected chi connectivity index (χ0v) is 9.42. The van der Waals surface area contributed by atoms with Crippen LogP contribution in [0.15, 0.2) is 18.2 Å². The van der Waals surface area contributed by atoms with E-state index in [1.54, 1.807) is 19.1 Å². The summed E-state index contributed by atoms with van der Waals surface area (Å²) >= 11 is 0. The van der Waals surface area contributed by atoms with Gasteiger partial charge in [-0.3, -0.25) is 0 Å². The average molecular weight is 222 g/mol. The van der Waals surface area contributed by atoms with Crippen LogP contribution in [0.2, 0.25) is 0 Å². The number of nitriles is 1. The van der Waals surface area contributed by atoms with E-state index < -0.39 is 11.4 Å². The van der Waals surface area contributed by atoms with E-state index in [0.717, 1.165) is 0 Å². The summed E-state index contributed by atoms with van der Waals surface area (Å²) in [6.45, 7) is 3.96. The Hall–Kier alpha value is -1.60. The summed E-state index contributed by atoms with van der Waals surface area (Å²) in [6, 6.07) is 5.98. The molecule has 0 aliphatic carbocycles. The van der Waals surface area contributed by atoms with Gasteiger partial charge in [-0.1, -0.05) is 6.92 Å². The van der Waals surface area contributed by atoms with Crippen molar-refractivity contribution in [1.82, 2.24) is 0 Å². The fourth-order valence-corrected chi connectivity index (χ4v) is 1.14. The van der Waals surface area contributed by atoms with E-state index in [4.69, 9.17) is 5.26 Å². The first-order chi connectivity index (χ1) is 7.48. The molecule has 1 unspecified atom stereocenters. The Morgan fingerprint density at radius 1 is 1.56 bits per heavy atom. The molecule has 0 fully saturated rings. The van der Waals surface area contributed by atoms with Gasteiger partial charge in [0.05, 0.1) is 11.2 Å². The molecule has 0 spiro atoms. The van der Waals surface area contributed by atoms with Crippen molar-refractivity contribution in [2.24, 2.45) is 0 Å². The van der Waals surface area contributed by atoms with Crippen LogP contribution in [0.3, 0.4) is 0 Å². The SMILES string of the molecule is CCC(C)(O)CNc1ccc(F)c(C#N)c1. The second-order valence-electron chi connectivity index (χ2n) is 4.01. The van der Waals surface area contributed by atoms with Gasteiger partial charge >= 0.3 is 0 Å². The number of aliphatic hydroxyl groups is 1. The summed E-state index contributed by atoms with van der Waals surface area (Å²) in [6.07, 6.45) is 0.617. The third-order valence-corrected chi connectivity index (χ3v) is 2.52. The van der Waals surface area contributed by atoms with Crippen LogP contribution in [0.25, 0.3) is 0 Å². The summed E-state index contributed by atoms with van der Waals surface area (Å²) in [4.78, 5) is 0. The molecule has 0 saturated carbocycles. The number of benzene rings is 1. The molecule has 0 radical (unpaired) electrons. The first kappa shape index (κ1) is 12.5. The number of halogens is 1. The van der Waals surface area contributed by atoms with Crippen molar-refractivity contribution in [3.63, 3.8) is 0 Å². The number of anilines is 1. The van der Waals surface area contributed by atoms with E-state index in [1.165, 1.54) is 12.1 Å². The van der Waals surface area contributed by atoms with Crippen LogP contribution in [0.4, 0.5) is 10.1 Å². The molecular formula is C12H15FN2O. The fraction of sp³-hybridized carbons (Fsp3) is 0.417. The normalized spacial score (nSPS) is 13.9. The predicted molar refractivity (Wildman–Crippen MR) is 60.5 cm³/mol. The molecule has 0 amide bonds. The average Bonchev–Trinajstić information content (AvgIpc) is 2.28. The molecule has 0 aliphatic heterocycles. The molecule has 16 heavy (non-hydrogen) atoms. The summed E-state index contributed by atoms with van der Waals surface area (Å²) in [5.74, 6) is -0.532. The molecule has 1 atom stereocenters. The molecule has 0 aromatic heterocycles. The van der Waals surface area contributed by atoms with Gasteiger partial charge in [-0.2, -0.15) is 5.26 Å². The first-order valence-electron chi connectivity index (χ1n) is 5.14. The maximum atomic E-state index is 13.0. The van der Waals surface area contributed by atoms with E-state index in [2.05, 4.69) is 5.32 Å². The van der Waals surface area contributed by atoms with E-state index in [-0.39, 0.29) is 5.56 Å². The van der Waals surface area contributed by atoms with Crippen molar-refractivity contribution >= 4 is 5.69 Å². The Bertz CT molecular complexity index is 410. The molecule has 86 valence electrons. The van der Waals surface area contributed by atoms with Gasteiger partial charge in [0.15, 0.2) is 0 Å². The number of hydrogen-bond acceptors (Lipinski definition) is 3. The molecular weight excluding hydrogens is 207 g/mol. The quantitative estimate of drug-likeness (QED) is 0.821. The highest BCUT2D eigenvalue weighted by Crippen LogP contribution is 2.16. The molecule has 2 N–H and O–H groups in total. The van der Waals surface area contributed by atoms with E-state index >= 15 is 0 Å². The van der Waals surface area contributed by atoms with Gasteiger partial charge in [-0.05, 0) is 31.5 Å². The van der Waals surface area contributed by atoms with Crippen LogP contribution in [0, 0.1) is 17.1 Å². The van der Waals surface area contributed by atoms with Crippen molar-refractivity contribution in [2.75, 3.05) is 11.9 Å². The van der Waals surface area contributed by atoms with Gasteiger partial charge in [0.25, 0.3) is 0 Å². The monoisotopic (exact) mass is 222 g/mol. The predicted octanol–water partition coefficient (Wildman–Crippen LogP) is 2.27. The summed E-state index contributed by atoms with van der Waals surface area (Å²) in [5.41, 5.74) is -0.172. The van der Waals surface area contributed by atoms with Crippen molar-refractivity contribution in [3.8, 4) is 6.07 Å². The van der Waals surface area contributed by atoms with Crippen LogP contribution in [0.5, 0.6) is 0 Å². The summed E-state index contributed by atoms with van der Waals surface area (Å²) in [5, 5.41) is 21.4. The highest BCUT2D eigenvalue weighted by Gasteiger charge is 2.16. The topological polar surface area (TPSA) is 56.0 Å². The minimum atomic E-state index is -0.804. The molecule has 1 aromatic rings. The van der Waals surface area contributed by atoms with Crippen molar-refractivity contribution in [3.05, 3.63) is 29.6 Å². The Kier molecular flexibility index (Phi) is 3.86. The number of nitrogens with zero attached hydrogens (tertiary/aromatic N) is 1. The Morgan fingerprint density at radius 3 is 2.81 bits per heavy atom. The third-order valence-electron chi connectivity index (χ3n) is 2.52. The van der Waals surface area contributed by atoms with Crippen LogP contribution < -0.4 is 5.32 Å². The highest BCUT2D eigenvalue weighted by molar-refractivity contribution is 5.49. The van der Waals surface area contributed by atoms with Crippen molar-refractivity contribution in [1.29, 1.82) is 5.26 Å². The number of nitrogens with one attached hydrogen (secondary N) is 1. The van der Waals surface area contributed by atoms with Crippen LogP contribution in [-0.4, -0.2) is 17.3 Å². The lowest BCUT2D eigenvalue weighted by molar-refractivity contribution is 0.0697. The minimum absolute atomic E-state index is 0.00106. The summed E-state index contributed by atoms with van der Waals surface area (Å²) < 4.78 is 13.0. The molecule has 0 bridgehead atoms. The molecule has 4 heteroatoms. The standard InChI is InChI=1S/C12H15FN2O/c1-3-12(2,16)8-15-10-4-5-11(13)9(6-10)7-14/h4-6,15-16H,3,8H2,1-2H3. The van der Waals surface area contributed by atoms with Gasteiger partial charge in [0.1, 0.15) is 11.9 Å². The van der Waals surface area contributed by atoms with Gasteiger partial charge in [-0.15, -0.1) is 0 Å². The second kappa shape index (κ2) is 4.95. The Labute approximate surface area is 94.5 Å². The molecule has 3 nitrogen and oxygen atoms in total. The smallest absolute Gasteiger partial charge is 0.141 e. The van der Waals surface area contributed by atoms with E-state index in [0.29, 0.717) is 18.7 Å². The van der Waals surface area contributed by atoms with Gasteiger partial charge in [0.2, 0.25) is 0 Å². The van der Waals surface area contributed by atoms with Gasteiger partial charge in [0, 0.05) is 12.2 Å². The maximum Gasteiger partial charge on any atom is 0.141 e. The second-order valence-corrected chi connectivity index (χ2v) is 4.01. The lowest BCUT2D eigenvalue weighted by atomic mass is 10.0. The molecule has 0 aliphatic rings. The maximum absolute atomic E-state index is 13.0. The third kappa shape index (κ3) is 3.21. The van der Waals surface area contributed by atoms with E-state index in [1.807, 2.05) is 6.92 Å². The lowest BCUT2D eigenvalue weighted by Gasteiger charge is -2.22. The largest absolute Gasteiger partial charge is 0.388 e. The van der Waals surface area contributed by atoms with Crippen molar-refractivity contribution < 1.29 is 9.50 Å². The minimum Gasteiger partial charge on any atom is -0.388 e. The van der Waals surface area contributed by atoms with Crippen molar-refractivity contribution in [2.45, 2.75) is 25.9 Å². The van der Waals surface area contributed by atoms with Crippen LogP contribution in [0.1, 0.15) is 25.8 Å². The zero-order chi connectivity index (χ0) is 12.2. The van der Waals surface area contributed by atoms with Crippen LogP contribution in [-0.2, 0) is 0 Å². The zero-order valence-electron chi connectivity index (χ0n) is 9.42. The summed E-state index contributed by atoms with van der Waals surface area (Å²) in [7, 11) is 0. The number of hydrogen-bond donors (Lipinski definition) is 2. The Balaban J connectivity index is 2.73. The fourth-order valence-electron chi connectivity index (χ4n) is 1.14. The molecule has 1 aromatic carbocycles.